The normalized spacial score (nSPS) is 10.9. The van der Waals surface area contributed by atoms with Gasteiger partial charge in [-0.3, -0.25) is 4.99 Å². The molecule has 0 aliphatic carbocycles. The van der Waals surface area contributed by atoms with E-state index in [4.69, 9.17) is 14.5 Å². The van der Waals surface area contributed by atoms with Crippen molar-refractivity contribution in [1.82, 2.24) is 4.57 Å². The van der Waals surface area contributed by atoms with Crippen LogP contribution in [0.3, 0.4) is 0 Å². The fourth-order valence-corrected chi connectivity index (χ4v) is 4.47. The van der Waals surface area contributed by atoms with Crippen LogP contribution < -0.4 is 4.74 Å². The third-order valence-corrected chi connectivity index (χ3v) is 6.24. The topological polar surface area (TPSA) is 52.8 Å². The predicted octanol–water partition coefficient (Wildman–Crippen LogP) is 7.91. The van der Waals surface area contributed by atoms with Gasteiger partial charge in [0.1, 0.15) is 17.9 Å². The maximum absolute atomic E-state index is 12.4. The highest BCUT2D eigenvalue weighted by Gasteiger charge is 2.19. The molecule has 0 saturated carbocycles. The molecular formula is C34H28N2O3. The zero-order valence-electron chi connectivity index (χ0n) is 21.7. The molecule has 5 aromatic rings. The Morgan fingerprint density at radius 2 is 1.49 bits per heavy atom. The van der Waals surface area contributed by atoms with Crippen molar-refractivity contribution in [2.75, 3.05) is 13.7 Å². The number of hydrogen-bond donors (Lipinski definition) is 0. The lowest BCUT2D eigenvalue weighted by atomic mass is 10.1. The molecule has 0 unspecified atom stereocenters. The number of esters is 1. The number of rotatable bonds is 9. The lowest BCUT2D eigenvalue weighted by Gasteiger charge is -2.15. The van der Waals surface area contributed by atoms with Gasteiger partial charge < -0.3 is 14.0 Å². The van der Waals surface area contributed by atoms with Crippen molar-refractivity contribution in [2.45, 2.75) is 0 Å². The molecule has 0 aliphatic rings. The van der Waals surface area contributed by atoms with E-state index in [1.165, 1.54) is 7.11 Å². The van der Waals surface area contributed by atoms with Crippen molar-refractivity contribution in [3.8, 4) is 34.0 Å². The number of aromatic nitrogens is 1. The molecule has 192 valence electrons. The second kappa shape index (κ2) is 11.9. The summed E-state index contributed by atoms with van der Waals surface area (Å²) in [6.45, 7) is 3.95. The van der Waals surface area contributed by atoms with Gasteiger partial charge >= 0.3 is 5.97 Å². The van der Waals surface area contributed by atoms with Gasteiger partial charge in [-0.2, -0.15) is 0 Å². The van der Waals surface area contributed by atoms with E-state index in [2.05, 4.69) is 53.6 Å². The Kier molecular flexibility index (Phi) is 7.79. The minimum absolute atomic E-state index is 0.280. The first-order chi connectivity index (χ1) is 19.2. The maximum Gasteiger partial charge on any atom is 0.341 e. The number of benzene rings is 4. The standard InChI is InChI=1S/C34H28N2O3/c1-3-21-39-32-20-19-28(23-30(32)34(37)38-2)35-24-27-22-31(25-13-7-4-8-14-25)36(29-17-11-6-12-18-29)33(27)26-15-9-5-10-16-26/h3-20,22-24H,1,21H2,2H3. The zero-order chi connectivity index (χ0) is 27.0. The summed E-state index contributed by atoms with van der Waals surface area (Å²) in [7, 11) is 1.35. The maximum atomic E-state index is 12.4. The monoisotopic (exact) mass is 512 g/mol. The lowest BCUT2D eigenvalue weighted by Crippen LogP contribution is -2.05. The predicted molar refractivity (Wildman–Crippen MR) is 157 cm³/mol. The van der Waals surface area contributed by atoms with Gasteiger partial charge in [-0.1, -0.05) is 91.5 Å². The average molecular weight is 513 g/mol. The van der Waals surface area contributed by atoms with Gasteiger partial charge in [0.2, 0.25) is 0 Å². The smallest absolute Gasteiger partial charge is 0.341 e. The third kappa shape index (κ3) is 5.58. The van der Waals surface area contributed by atoms with Crippen LogP contribution in [0.5, 0.6) is 5.75 Å². The number of carbonyl (C=O) groups excluding carboxylic acids is 1. The van der Waals surface area contributed by atoms with Gasteiger partial charge in [0, 0.05) is 17.5 Å². The second-order valence-corrected chi connectivity index (χ2v) is 8.77. The van der Waals surface area contributed by atoms with Gasteiger partial charge in [-0.15, -0.1) is 0 Å². The summed E-state index contributed by atoms with van der Waals surface area (Å²) in [5.41, 5.74) is 7.12. The molecule has 0 N–H and O–H groups in total. The van der Waals surface area contributed by atoms with Crippen LogP contribution in [0.15, 0.2) is 133 Å². The Morgan fingerprint density at radius 1 is 0.846 bits per heavy atom. The SMILES string of the molecule is C=CCOc1ccc(N=Cc2cc(-c3ccccc3)n(-c3ccccc3)c2-c2ccccc2)cc1C(=O)OC. The summed E-state index contributed by atoms with van der Waals surface area (Å²) in [5.74, 6) is -0.0649. The average Bonchev–Trinajstić information content (AvgIpc) is 3.39. The molecule has 0 bridgehead atoms. The first-order valence-electron chi connectivity index (χ1n) is 12.6. The summed E-state index contributed by atoms with van der Waals surface area (Å²) >= 11 is 0. The first kappa shape index (κ1) is 25.5. The molecule has 0 spiro atoms. The second-order valence-electron chi connectivity index (χ2n) is 8.77. The molecule has 0 aliphatic heterocycles. The van der Waals surface area contributed by atoms with Crippen molar-refractivity contribution in [3.05, 3.63) is 139 Å². The fraction of sp³-hybridized carbons (Fsp3) is 0.0588. The van der Waals surface area contributed by atoms with Crippen LogP contribution in [-0.4, -0.2) is 30.5 Å². The summed E-state index contributed by atoms with van der Waals surface area (Å²) in [6, 6.07) is 38.2. The van der Waals surface area contributed by atoms with Gasteiger partial charge in [-0.25, -0.2) is 4.79 Å². The number of ether oxygens (including phenoxy) is 2. The van der Waals surface area contributed by atoms with E-state index in [0.717, 1.165) is 33.8 Å². The number of methoxy groups -OCH3 is 1. The van der Waals surface area contributed by atoms with E-state index in [0.29, 0.717) is 17.0 Å². The molecule has 4 aromatic carbocycles. The molecule has 5 rings (SSSR count). The Labute approximate surface area is 228 Å². The van der Waals surface area contributed by atoms with Crippen LogP contribution >= 0.6 is 0 Å². The third-order valence-electron chi connectivity index (χ3n) is 6.24. The Balaban J connectivity index is 1.67. The number of nitrogens with zero attached hydrogens (tertiary/aromatic N) is 2. The van der Waals surface area contributed by atoms with E-state index in [9.17, 15) is 4.79 Å². The largest absolute Gasteiger partial charge is 0.489 e. The fourth-order valence-electron chi connectivity index (χ4n) is 4.47. The Hall–Kier alpha value is -5.16. The van der Waals surface area contributed by atoms with Crippen LogP contribution in [0.1, 0.15) is 15.9 Å². The zero-order valence-corrected chi connectivity index (χ0v) is 21.7. The molecule has 0 amide bonds. The van der Waals surface area contributed by atoms with Crippen molar-refractivity contribution >= 4 is 17.9 Å². The number of hydrogen-bond acceptors (Lipinski definition) is 4. The molecule has 1 heterocycles. The molecule has 0 atom stereocenters. The molecule has 39 heavy (non-hydrogen) atoms. The van der Waals surface area contributed by atoms with Crippen LogP contribution in [0, 0.1) is 0 Å². The summed E-state index contributed by atoms with van der Waals surface area (Å²) in [5, 5.41) is 0. The summed E-state index contributed by atoms with van der Waals surface area (Å²) in [4.78, 5) is 17.2. The highest BCUT2D eigenvalue weighted by Crippen LogP contribution is 2.36. The highest BCUT2D eigenvalue weighted by atomic mass is 16.5. The molecule has 5 heteroatoms. The Morgan fingerprint density at radius 3 is 2.13 bits per heavy atom. The van der Waals surface area contributed by atoms with Crippen LogP contribution in [-0.2, 0) is 4.74 Å². The van der Waals surface area contributed by atoms with Crippen LogP contribution in [0.2, 0.25) is 0 Å². The minimum Gasteiger partial charge on any atom is -0.489 e. The van der Waals surface area contributed by atoms with E-state index in [1.807, 2.05) is 66.9 Å². The van der Waals surface area contributed by atoms with Crippen molar-refractivity contribution in [3.63, 3.8) is 0 Å². The van der Waals surface area contributed by atoms with E-state index >= 15 is 0 Å². The highest BCUT2D eigenvalue weighted by molar-refractivity contribution is 5.96. The van der Waals surface area contributed by atoms with Crippen LogP contribution in [0.4, 0.5) is 5.69 Å². The van der Waals surface area contributed by atoms with E-state index < -0.39 is 5.97 Å². The first-order valence-corrected chi connectivity index (χ1v) is 12.6. The molecule has 0 fully saturated rings. The quantitative estimate of drug-likeness (QED) is 0.115. The van der Waals surface area contributed by atoms with Crippen molar-refractivity contribution in [1.29, 1.82) is 0 Å². The number of carbonyl (C=O) groups is 1. The minimum atomic E-state index is -0.488. The number of para-hydroxylation sites is 1. The van der Waals surface area contributed by atoms with Crippen LogP contribution in [0.25, 0.3) is 28.2 Å². The molecule has 0 radical (unpaired) electrons. The number of aliphatic imine (C=N–C) groups is 1. The van der Waals surface area contributed by atoms with Gasteiger partial charge in [-0.05, 0) is 47.5 Å². The van der Waals surface area contributed by atoms with Gasteiger partial charge in [0.25, 0.3) is 0 Å². The summed E-state index contributed by atoms with van der Waals surface area (Å²) in [6.07, 6.45) is 3.47. The Bertz CT molecular complexity index is 1610. The molecule has 5 nitrogen and oxygen atoms in total. The van der Waals surface area contributed by atoms with E-state index in [-0.39, 0.29) is 6.61 Å². The molecule has 0 saturated heterocycles. The van der Waals surface area contributed by atoms with Crippen molar-refractivity contribution < 1.29 is 14.3 Å². The van der Waals surface area contributed by atoms with Gasteiger partial charge in [0.05, 0.1) is 24.2 Å². The van der Waals surface area contributed by atoms with Crippen molar-refractivity contribution in [2.24, 2.45) is 4.99 Å². The lowest BCUT2D eigenvalue weighted by molar-refractivity contribution is 0.0596. The molecule has 1 aromatic heterocycles. The van der Waals surface area contributed by atoms with E-state index in [1.54, 1.807) is 18.2 Å². The summed E-state index contributed by atoms with van der Waals surface area (Å²) < 4.78 is 12.9. The van der Waals surface area contributed by atoms with Gasteiger partial charge in [0.15, 0.2) is 0 Å². The molecular weight excluding hydrogens is 484 g/mol.